The van der Waals surface area contributed by atoms with E-state index in [9.17, 15) is 8.42 Å². The maximum Gasteiger partial charge on any atom is 0.235 e. The van der Waals surface area contributed by atoms with Crippen LogP contribution < -0.4 is 9.46 Å². The van der Waals surface area contributed by atoms with Gasteiger partial charge >= 0.3 is 0 Å². The predicted molar refractivity (Wildman–Crippen MR) is 76.2 cm³/mol. The van der Waals surface area contributed by atoms with Crippen molar-refractivity contribution in [2.45, 2.75) is 26.0 Å². The van der Waals surface area contributed by atoms with Crippen molar-refractivity contribution in [3.63, 3.8) is 0 Å². The van der Waals surface area contributed by atoms with Gasteiger partial charge in [-0.1, -0.05) is 6.07 Å². The molecule has 1 aromatic carbocycles. The molecule has 0 aliphatic rings. The minimum Gasteiger partial charge on any atom is -0.489 e. The Morgan fingerprint density at radius 1 is 1.26 bits per heavy atom. The first-order valence-corrected chi connectivity index (χ1v) is 7.65. The topological polar surface area (TPSA) is 64.6 Å². The van der Waals surface area contributed by atoms with Gasteiger partial charge in [0.15, 0.2) is 0 Å². The summed E-state index contributed by atoms with van der Waals surface area (Å²) in [6.45, 7) is 5.99. The minimum absolute atomic E-state index is 0.371. The molecule has 6 heteroatoms. The summed E-state index contributed by atoms with van der Waals surface area (Å²) in [5.41, 5.74) is 1.45. The molecule has 0 spiro atoms. The van der Waals surface area contributed by atoms with Crippen molar-refractivity contribution in [3.8, 4) is 5.75 Å². The fourth-order valence-corrected chi connectivity index (χ4v) is 2.05. The molecule has 0 saturated heterocycles. The smallest absolute Gasteiger partial charge is 0.235 e. The van der Waals surface area contributed by atoms with Crippen molar-refractivity contribution in [1.29, 1.82) is 0 Å². The van der Waals surface area contributed by atoms with Crippen LogP contribution >= 0.6 is 0 Å². The summed E-state index contributed by atoms with van der Waals surface area (Å²) in [4.78, 5) is 0. The number of benzene rings is 1. The van der Waals surface area contributed by atoms with Crippen LogP contribution in [0.15, 0.2) is 18.2 Å². The third kappa shape index (κ3) is 4.72. The molecule has 0 heterocycles. The van der Waals surface area contributed by atoms with Crippen molar-refractivity contribution in [2.24, 2.45) is 0 Å². The van der Waals surface area contributed by atoms with Gasteiger partial charge < -0.3 is 9.47 Å². The fraction of sp³-hybridized carbons (Fsp3) is 0.538. The van der Waals surface area contributed by atoms with E-state index in [0.717, 1.165) is 5.56 Å². The molecule has 0 aromatic heterocycles. The van der Waals surface area contributed by atoms with Gasteiger partial charge in [0.25, 0.3) is 0 Å². The van der Waals surface area contributed by atoms with Crippen LogP contribution in [0.3, 0.4) is 0 Å². The lowest BCUT2D eigenvalue weighted by Crippen LogP contribution is -2.23. The van der Waals surface area contributed by atoms with Crippen LogP contribution in [0.1, 0.15) is 19.4 Å². The molecule has 5 nitrogen and oxygen atoms in total. The van der Waals surface area contributed by atoms with E-state index in [4.69, 9.17) is 9.47 Å². The zero-order valence-corrected chi connectivity index (χ0v) is 12.6. The highest BCUT2D eigenvalue weighted by atomic mass is 32.2. The molecule has 19 heavy (non-hydrogen) atoms. The van der Waals surface area contributed by atoms with Gasteiger partial charge in [-0.25, -0.2) is 8.42 Å². The summed E-state index contributed by atoms with van der Waals surface area (Å²) in [7, 11) is -1.79. The summed E-state index contributed by atoms with van der Waals surface area (Å²) in [6.07, 6.45) is 0. The van der Waals surface area contributed by atoms with Crippen molar-refractivity contribution >= 4 is 15.7 Å². The maximum atomic E-state index is 11.9. The number of hydrogen-bond acceptors (Lipinski definition) is 4. The second-order valence-electron chi connectivity index (χ2n) is 4.54. The van der Waals surface area contributed by atoms with Crippen LogP contribution in [-0.2, 0) is 14.8 Å². The quantitative estimate of drug-likeness (QED) is 0.781. The Hall–Kier alpha value is -1.27. The van der Waals surface area contributed by atoms with Crippen LogP contribution in [0.2, 0.25) is 0 Å². The van der Waals surface area contributed by atoms with E-state index in [0.29, 0.717) is 24.7 Å². The number of methoxy groups -OCH3 is 1. The highest BCUT2D eigenvalue weighted by Crippen LogP contribution is 2.27. The Morgan fingerprint density at radius 2 is 1.95 bits per heavy atom. The third-order valence-electron chi connectivity index (χ3n) is 2.55. The molecule has 0 fully saturated rings. The number of sulfonamides is 1. The summed E-state index contributed by atoms with van der Waals surface area (Å²) >= 11 is 0. The van der Waals surface area contributed by atoms with Crippen molar-refractivity contribution in [2.75, 3.05) is 25.0 Å². The Kier molecular flexibility index (Phi) is 5.62. The highest BCUT2D eigenvalue weighted by molar-refractivity contribution is 7.93. The van der Waals surface area contributed by atoms with Gasteiger partial charge in [-0.05, 0) is 38.5 Å². The average Bonchev–Trinajstić information content (AvgIpc) is 2.32. The molecule has 0 unspecified atom stereocenters. The number of rotatable bonds is 7. The second kappa shape index (κ2) is 6.77. The van der Waals surface area contributed by atoms with E-state index in [1.54, 1.807) is 33.1 Å². The summed E-state index contributed by atoms with van der Waals surface area (Å²) in [6, 6.07) is 5.34. The molecule has 0 radical (unpaired) electrons. The molecule has 1 aromatic rings. The highest BCUT2D eigenvalue weighted by Gasteiger charge is 2.17. The molecular formula is C13H21NO4S. The second-order valence-corrected chi connectivity index (χ2v) is 6.77. The molecule has 0 saturated carbocycles. The van der Waals surface area contributed by atoms with Gasteiger partial charge in [-0.2, -0.15) is 0 Å². The van der Waals surface area contributed by atoms with E-state index >= 15 is 0 Å². The molecule has 0 amide bonds. The average molecular weight is 287 g/mol. The molecule has 1 N–H and O–H groups in total. The molecule has 0 aliphatic carbocycles. The van der Waals surface area contributed by atoms with Gasteiger partial charge in [0.1, 0.15) is 12.4 Å². The molecule has 1 rings (SSSR count). The molecular weight excluding hydrogens is 266 g/mol. The zero-order chi connectivity index (χ0) is 14.5. The predicted octanol–water partition coefficient (Wildman–Crippen LogP) is 2.17. The van der Waals surface area contributed by atoms with Crippen LogP contribution in [0, 0.1) is 6.92 Å². The van der Waals surface area contributed by atoms with E-state index < -0.39 is 15.3 Å². The van der Waals surface area contributed by atoms with Crippen molar-refractivity contribution in [3.05, 3.63) is 23.8 Å². The van der Waals surface area contributed by atoms with E-state index in [-0.39, 0.29) is 0 Å². The Bertz CT molecular complexity index is 511. The maximum absolute atomic E-state index is 11.9. The summed E-state index contributed by atoms with van der Waals surface area (Å²) in [5.74, 6) is 0.515. The number of ether oxygens (including phenoxy) is 2. The standard InChI is InChI=1S/C13H21NO4S/c1-10(2)19(15,16)14-12-6-5-11(3)9-13(12)18-8-7-17-4/h5-6,9-10,14H,7-8H2,1-4H3. The Balaban J connectivity index is 2.93. The number of anilines is 1. The first-order valence-electron chi connectivity index (χ1n) is 6.11. The zero-order valence-electron chi connectivity index (χ0n) is 11.8. The first kappa shape index (κ1) is 15.8. The SMILES string of the molecule is COCCOc1cc(C)ccc1NS(=O)(=O)C(C)C. The fourth-order valence-electron chi connectivity index (χ4n) is 1.34. The van der Waals surface area contributed by atoms with E-state index in [1.807, 2.05) is 13.0 Å². The monoisotopic (exact) mass is 287 g/mol. The van der Waals surface area contributed by atoms with Gasteiger partial charge in [-0.15, -0.1) is 0 Å². The van der Waals surface area contributed by atoms with Crippen LogP contribution in [0.4, 0.5) is 5.69 Å². The van der Waals surface area contributed by atoms with E-state index in [1.165, 1.54) is 0 Å². The minimum atomic E-state index is -3.38. The van der Waals surface area contributed by atoms with Crippen molar-refractivity contribution < 1.29 is 17.9 Å². The van der Waals surface area contributed by atoms with Gasteiger partial charge in [0.2, 0.25) is 10.0 Å². The largest absolute Gasteiger partial charge is 0.489 e. The van der Waals surface area contributed by atoms with Crippen molar-refractivity contribution in [1.82, 2.24) is 0 Å². The number of nitrogens with one attached hydrogen (secondary N) is 1. The van der Waals surface area contributed by atoms with Gasteiger partial charge in [0, 0.05) is 7.11 Å². The van der Waals surface area contributed by atoms with Crippen LogP contribution in [-0.4, -0.2) is 34.0 Å². The molecule has 0 aliphatic heterocycles. The Labute approximate surface area is 115 Å². The normalized spacial score (nSPS) is 11.6. The number of aryl methyl sites for hydroxylation is 1. The summed E-state index contributed by atoms with van der Waals surface area (Å²) in [5, 5.41) is -0.499. The first-order chi connectivity index (χ1) is 8.86. The lowest BCUT2D eigenvalue weighted by Gasteiger charge is -2.15. The lowest BCUT2D eigenvalue weighted by atomic mass is 10.2. The summed E-state index contributed by atoms with van der Waals surface area (Å²) < 4.78 is 36.7. The Morgan fingerprint density at radius 3 is 2.53 bits per heavy atom. The van der Waals surface area contributed by atoms with Crippen LogP contribution in [0.25, 0.3) is 0 Å². The molecule has 0 bridgehead atoms. The van der Waals surface area contributed by atoms with Crippen LogP contribution in [0.5, 0.6) is 5.75 Å². The van der Waals surface area contributed by atoms with E-state index in [2.05, 4.69) is 4.72 Å². The molecule has 0 atom stereocenters. The van der Waals surface area contributed by atoms with Gasteiger partial charge in [0.05, 0.1) is 17.5 Å². The molecule has 108 valence electrons. The number of hydrogen-bond donors (Lipinski definition) is 1. The third-order valence-corrected chi connectivity index (χ3v) is 4.30. The lowest BCUT2D eigenvalue weighted by molar-refractivity contribution is 0.146. The van der Waals surface area contributed by atoms with Gasteiger partial charge in [-0.3, -0.25) is 4.72 Å².